The van der Waals surface area contributed by atoms with Gasteiger partial charge >= 0.3 is 5.97 Å². The van der Waals surface area contributed by atoms with E-state index in [1.165, 1.54) is 12.1 Å². The first-order valence-corrected chi connectivity index (χ1v) is 7.49. The maximum Gasteiger partial charge on any atom is 0.335 e. The summed E-state index contributed by atoms with van der Waals surface area (Å²) in [4.78, 5) is 14.7. The van der Waals surface area contributed by atoms with Crippen LogP contribution in [0.15, 0.2) is 12.1 Å². The largest absolute Gasteiger partial charge is 0.478 e. The Morgan fingerprint density at radius 2 is 2.16 bits per heavy atom. The van der Waals surface area contributed by atoms with Gasteiger partial charge in [0.2, 0.25) is 10.0 Å². The van der Waals surface area contributed by atoms with Gasteiger partial charge in [0.05, 0.1) is 11.3 Å². The van der Waals surface area contributed by atoms with Gasteiger partial charge in [-0.25, -0.2) is 22.9 Å². The lowest BCUT2D eigenvalue weighted by Crippen LogP contribution is -2.29. The Labute approximate surface area is 116 Å². The van der Waals surface area contributed by atoms with Crippen molar-refractivity contribution in [3.63, 3.8) is 0 Å². The molecule has 1 rings (SSSR count). The topological polar surface area (TPSA) is 108 Å². The molecule has 0 saturated carbocycles. The average Bonchev–Trinajstić information content (AvgIpc) is 2.27. The molecule has 0 unspecified atom stereocenters. The van der Waals surface area contributed by atoms with Gasteiger partial charge in [0.25, 0.3) is 0 Å². The number of nitrogens with zero attached hydrogens (tertiary/aromatic N) is 1. The highest BCUT2D eigenvalue weighted by atomic mass is 35.5. The van der Waals surface area contributed by atoms with Crippen LogP contribution in [0.3, 0.4) is 0 Å². The lowest BCUT2D eigenvalue weighted by Gasteiger charge is -2.08. The normalized spacial score (nSPS) is 11.3. The van der Waals surface area contributed by atoms with Crippen molar-refractivity contribution < 1.29 is 18.3 Å². The standard InChI is InChI=1S/C10H14ClN3O4S/c1-2-13-19(17,18)4-3-12-9-6-7(10(15)16)5-8(11)14-9/h5-6,13H,2-4H2,1H3,(H,12,14)(H,15,16). The summed E-state index contributed by atoms with van der Waals surface area (Å²) < 4.78 is 25.1. The zero-order chi connectivity index (χ0) is 14.5. The monoisotopic (exact) mass is 307 g/mol. The number of sulfonamides is 1. The SMILES string of the molecule is CCNS(=O)(=O)CCNc1cc(C(=O)O)cc(Cl)n1. The molecule has 0 radical (unpaired) electrons. The molecule has 9 heteroatoms. The molecule has 7 nitrogen and oxygen atoms in total. The van der Waals surface area contributed by atoms with E-state index in [4.69, 9.17) is 16.7 Å². The summed E-state index contributed by atoms with van der Waals surface area (Å²) in [6.07, 6.45) is 0. The average molecular weight is 308 g/mol. The highest BCUT2D eigenvalue weighted by Gasteiger charge is 2.10. The Morgan fingerprint density at radius 3 is 2.74 bits per heavy atom. The van der Waals surface area contributed by atoms with E-state index in [1.54, 1.807) is 6.92 Å². The molecule has 0 aliphatic rings. The third-order valence-electron chi connectivity index (χ3n) is 2.08. The van der Waals surface area contributed by atoms with Crippen LogP contribution in [0.5, 0.6) is 0 Å². The number of nitrogens with one attached hydrogen (secondary N) is 2. The predicted molar refractivity (Wildman–Crippen MR) is 72.2 cm³/mol. The Kier molecular flexibility index (Phi) is 5.52. The van der Waals surface area contributed by atoms with E-state index >= 15 is 0 Å². The number of pyridine rings is 1. The second kappa shape index (κ2) is 6.69. The van der Waals surface area contributed by atoms with Crippen LogP contribution >= 0.6 is 11.6 Å². The van der Waals surface area contributed by atoms with Gasteiger partial charge in [0.15, 0.2) is 0 Å². The van der Waals surface area contributed by atoms with E-state index < -0.39 is 16.0 Å². The Hall–Kier alpha value is -1.38. The van der Waals surface area contributed by atoms with E-state index in [1.807, 2.05) is 0 Å². The highest BCUT2D eigenvalue weighted by Crippen LogP contribution is 2.14. The van der Waals surface area contributed by atoms with Gasteiger partial charge in [-0.1, -0.05) is 18.5 Å². The molecule has 0 fully saturated rings. The molecule has 1 aromatic rings. The number of rotatable bonds is 7. The number of anilines is 1. The summed E-state index contributed by atoms with van der Waals surface area (Å²) in [5.74, 6) is -1.05. The summed E-state index contributed by atoms with van der Waals surface area (Å²) >= 11 is 5.67. The van der Waals surface area contributed by atoms with E-state index in [-0.39, 0.29) is 28.8 Å². The fourth-order valence-corrected chi connectivity index (χ4v) is 2.48. The van der Waals surface area contributed by atoms with Crippen molar-refractivity contribution in [2.45, 2.75) is 6.92 Å². The Bertz CT molecular complexity index is 562. The van der Waals surface area contributed by atoms with Crippen molar-refractivity contribution in [2.24, 2.45) is 0 Å². The van der Waals surface area contributed by atoms with Crippen LogP contribution in [0.25, 0.3) is 0 Å². The van der Waals surface area contributed by atoms with Crippen LogP contribution in [0, 0.1) is 0 Å². The molecule has 1 aromatic heterocycles. The molecule has 1 heterocycles. The van der Waals surface area contributed by atoms with Crippen LogP contribution in [0.1, 0.15) is 17.3 Å². The molecule has 0 aliphatic heterocycles. The molecule has 3 N–H and O–H groups in total. The van der Waals surface area contributed by atoms with Gasteiger partial charge in [0.1, 0.15) is 11.0 Å². The minimum atomic E-state index is -3.33. The van der Waals surface area contributed by atoms with E-state index in [0.29, 0.717) is 6.54 Å². The maximum absolute atomic E-state index is 11.4. The van der Waals surface area contributed by atoms with Gasteiger partial charge < -0.3 is 10.4 Å². The second-order valence-electron chi connectivity index (χ2n) is 3.61. The van der Waals surface area contributed by atoms with Crippen LogP contribution < -0.4 is 10.0 Å². The number of carboxylic acid groups (broad SMARTS) is 1. The molecule has 0 aliphatic carbocycles. The molecule has 0 amide bonds. The quantitative estimate of drug-likeness (QED) is 0.643. The van der Waals surface area contributed by atoms with Gasteiger partial charge in [0, 0.05) is 13.1 Å². The van der Waals surface area contributed by atoms with Crippen LogP contribution in [-0.2, 0) is 10.0 Å². The van der Waals surface area contributed by atoms with Gasteiger partial charge in [-0.2, -0.15) is 0 Å². The minimum absolute atomic E-state index is 0.0166. The van der Waals surface area contributed by atoms with Gasteiger partial charge in [-0.15, -0.1) is 0 Å². The Morgan fingerprint density at radius 1 is 1.47 bits per heavy atom. The van der Waals surface area contributed by atoms with E-state index in [2.05, 4.69) is 15.0 Å². The molecule has 0 spiro atoms. The third kappa shape index (κ3) is 5.41. The molecule has 0 atom stereocenters. The van der Waals surface area contributed by atoms with Crippen LogP contribution in [-0.4, -0.2) is 43.3 Å². The highest BCUT2D eigenvalue weighted by molar-refractivity contribution is 7.89. The maximum atomic E-state index is 11.4. The molecule has 0 aromatic carbocycles. The second-order valence-corrected chi connectivity index (χ2v) is 5.93. The number of halogens is 1. The zero-order valence-corrected chi connectivity index (χ0v) is 11.8. The number of hydrogen-bond acceptors (Lipinski definition) is 5. The minimum Gasteiger partial charge on any atom is -0.478 e. The number of carbonyl (C=O) groups is 1. The lowest BCUT2D eigenvalue weighted by molar-refractivity contribution is 0.0697. The smallest absolute Gasteiger partial charge is 0.335 e. The fraction of sp³-hybridized carbons (Fsp3) is 0.400. The molecule has 0 bridgehead atoms. The van der Waals surface area contributed by atoms with Crippen molar-refractivity contribution in [1.82, 2.24) is 9.71 Å². The lowest BCUT2D eigenvalue weighted by atomic mass is 10.2. The fourth-order valence-electron chi connectivity index (χ4n) is 1.32. The molecular weight excluding hydrogens is 294 g/mol. The van der Waals surface area contributed by atoms with Crippen molar-refractivity contribution in [2.75, 3.05) is 24.2 Å². The van der Waals surface area contributed by atoms with Crippen LogP contribution in [0.2, 0.25) is 5.15 Å². The summed E-state index contributed by atoms with van der Waals surface area (Å²) in [5, 5.41) is 11.6. The molecule has 106 valence electrons. The summed E-state index contributed by atoms with van der Waals surface area (Å²) in [5.41, 5.74) is -0.0166. The first kappa shape index (κ1) is 15.7. The van der Waals surface area contributed by atoms with Gasteiger partial charge in [-0.3, -0.25) is 0 Å². The van der Waals surface area contributed by atoms with Crippen molar-refractivity contribution >= 4 is 33.4 Å². The van der Waals surface area contributed by atoms with E-state index in [9.17, 15) is 13.2 Å². The van der Waals surface area contributed by atoms with Crippen LogP contribution in [0.4, 0.5) is 5.82 Å². The molecule has 0 saturated heterocycles. The van der Waals surface area contributed by atoms with E-state index in [0.717, 1.165) is 0 Å². The first-order valence-electron chi connectivity index (χ1n) is 5.46. The Balaban J connectivity index is 2.66. The molecule has 19 heavy (non-hydrogen) atoms. The van der Waals surface area contributed by atoms with Crippen molar-refractivity contribution in [3.05, 3.63) is 22.8 Å². The molecular formula is C10H14ClN3O4S. The van der Waals surface area contributed by atoms with Crippen molar-refractivity contribution in [1.29, 1.82) is 0 Å². The number of carboxylic acids is 1. The zero-order valence-electron chi connectivity index (χ0n) is 10.2. The summed E-state index contributed by atoms with van der Waals surface area (Å²) in [6, 6.07) is 2.50. The predicted octanol–water partition coefficient (Wildman–Crippen LogP) is 0.784. The van der Waals surface area contributed by atoms with Crippen molar-refractivity contribution in [3.8, 4) is 0 Å². The third-order valence-corrected chi connectivity index (χ3v) is 3.75. The summed E-state index contributed by atoms with van der Waals surface area (Å²) in [6.45, 7) is 2.10. The number of aromatic nitrogens is 1. The first-order chi connectivity index (χ1) is 8.84. The summed E-state index contributed by atoms with van der Waals surface area (Å²) in [7, 11) is -3.33. The van der Waals surface area contributed by atoms with Gasteiger partial charge in [-0.05, 0) is 12.1 Å². The number of aromatic carboxylic acids is 1. The number of hydrogen-bond donors (Lipinski definition) is 3.